The van der Waals surface area contributed by atoms with Gasteiger partial charge in [-0.1, -0.05) is 24.6 Å². The largest absolute Gasteiger partial charge is 0.381 e. The van der Waals surface area contributed by atoms with E-state index in [1.54, 1.807) is 0 Å². The van der Waals surface area contributed by atoms with Gasteiger partial charge in [0, 0.05) is 44.1 Å². The summed E-state index contributed by atoms with van der Waals surface area (Å²) in [7, 11) is 0. The number of aryl methyl sites for hydroxylation is 1. The van der Waals surface area contributed by atoms with Gasteiger partial charge in [-0.25, -0.2) is 9.78 Å². The smallest absolute Gasteiger partial charge is 0.323 e. The Kier molecular flexibility index (Phi) is 8.62. The minimum Gasteiger partial charge on any atom is -0.381 e. The van der Waals surface area contributed by atoms with Crippen molar-refractivity contribution in [1.82, 2.24) is 4.98 Å². The predicted octanol–water partition coefficient (Wildman–Crippen LogP) is 5.12. The number of nitrogens with zero attached hydrogens (tertiary/aromatic N) is 2. The van der Waals surface area contributed by atoms with Crippen molar-refractivity contribution in [3.05, 3.63) is 47.7 Å². The van der Waals surface area contributed by atoms with Crippen LogP contribution in [-0.4, -0.2) is 43.1 Å². The lowest BCUT2D eigenvalue weighted by molar-refractivity contribution is -0.108. The van der Waals surface area contributed by atoms with E-state index in [1.165, 1.54) is 0 Å². The molecule has 7 nitrogen and oxygen atoms in total. The number of aldehydes is 1. The molecule has 0 saturated carbocycles. The quantitative estimate of drug-likeness (QED) is 0.531. The monoisotopic (exact) mass is 438 g/mol. The number of anilines is 3. The number of carbonyl (C=O) groups excluding carboxylic acids is 2. The number of carbonyl (C=O) groups is 2. The molecule has 172 valence electrons. The molecule has 2 heterocycles. The SMILES string of the molecule is CCC(CC=O)c1cnc(N(CC)C2CCOCC2)c(NC(=O)Nc2ccc(C)cc2)c1. The summed E-state index contributed by atoms with van der Waals surface area (Å²) in [6.07, 6.45) is 5.90. The van der Waals surface area contributed by atoms with Crippen LogP contribution in [0.15, 0.2) is 36.5 Å². The first-order valence-electron chi connectivity index (χ1n) is 11.5. The Labute approximate surface area is 190 Å². The highest BCUT2D eigenvalue weighted by atomic mass is 16.5. The summed E-state index contributed by atoms with van der Waals surface area (Å²) in [5, 5.41) is 5.91. The highest BCUT2D eigenvalue weighted by Gasteiger charge is 2.25. The van der Waals surface area contributed by atoms with Gasteiger partial charge in [-0.3, -0.25) is 0 Å². The molecular weight excluding hydrogens is 404 g/mol. The van der Waals surface area contributed by atoms with Crippen LogP contribution in [0.25, 0.3) is 0 Å². The molecule has 7 heteroatoms. The lowest BCUT2D eigenvalue weighted by Gasteiger charge is -2.35. The molecule has 1 fully saturated rings. The molecule has 0 spiro atoms. The van der Waals surface area contributed by atoms with E-state index in [4.69, 9.17) is 9.72 Å². The number of ether oxygens (including phenoxy) is 1. The van der Waals surface area contributed by atoms with Crippen LogP contribution in [0.1, 0.15) is 56.6 Å². The lowest BCUT2D eigenvalue weighted by atomic mass is 9.94. The van der Waals surface area contributed by atoms with Crippen molar-refractivity contribution in [2.75, 3.05) is 35.3 Å². The minimum absolute atomic E-state index is 0.0768. The Morgan fingerprint density at radius 1 is 1.22 bits per heavy atom. The second-order valence-electron chi connectivity index (χ2n) is 8.22. The summed E-state index contributed by atoms with van der Waals surface area (Å²) in [6, 6.07) is 9.63. The van der Waals surface area contributed by atoms with Crippen molar-refractivity contribution in [3.63, 3.8) is 0 Å². The normalized spacial score (nSPS) is 15.1. The second kappa shape index (κ2) is 11.6. The fourth-order valence-corrected chi connectivity index (χ4v) is 4.17. The van der Waals surface area contributed by atoms with Crippen molar-refractivity contribution in [2.24, 2.45) is 0 Å². The van der Waals surface area contributed by atoms with E-state index in [0.29, 0.717) is 18.2 Å². The molecule has 1 aliphatic rings. The van der Waals surface area contributed by atoms with Gasteiger partial charge < -0.3 is 25.1 Å². The van der Waals surface area contributed by atoms with Crippen molar-refractivity contribution >= 4 is 29.5 Å². The predicted molar refractivity (Wildman–Crippen MR) is 129 cm³/mol. The van der Waals surface area contributed by atoms with Gasteiger partial charge >= 0.3 is 6.03 Å². The van der Waals surface area contributed by atoms with Gasteiger partial charge in [0.25, 0.3) is 0 Å². The molecule has 0 radical (unpaired) electrons. The number of urea groups is 1. The Hall–Kier alpha value is -2.93. The summed E-state index contributed by atoms with van der Waals surface area (Å²) < 4.78 is 5.53. The second-order valence-corrected chi connectivity index (χ2v) is 8.22. The number of hydrogen-bond acceptors (Lipinski definition) is 5. The third-order valence-corrected chi connectivity index (χ3v) is 6.03. The van der Waals surface area contributed by atoms with E-state index < -0.39 is 0 Å². The zero-order valence-electron chi connectivity index (χ0n) is 19.3. The van der Waals surface area contributed by atoms with Gasteiger partial charge in [0.05, 0.1) is 5.69 Å². The molecule has 2 aromatic rings. The van der Waals surface area contributed by atoms with Crippen LogP contribution in [0.3, 0.4) is 0 Å². The van der Waals surface area contributed by atoms with Gasteiger partial charge in [-0.2, -0.15) is 0 Å². The van der Waals surface area contributed by atoms with Gasteiger partial charge in [0.15, 0.2) is 5.82 Å². The Morgan fingerprint density at radius 3 is 2.56 bits per heavy atom. The van der Waals surface area contributed by atoms with Crippen LogP contribution in [0.5, 0.6) is 0 Å². The zero-order chi connectivity index (χ0) is 22.9. The fraction of sp³-hybridized carbons (Fsp3) is 0.480. The molecule has 32 heavy (non-hydrogen) atoms. The standard InChI is InChI=1S/C25H34N4O3/c1-4-19(10-13-30)20-16-23(28-25(31)27-21-8-6-18(3)7-9-21)24(26-17-20)29(5-2)22-11-14-32-15-12-22/h6-9,13,16-17,19,22H,4-5,10-12,14-15H2,1-3H3,(H2,27,28,31). The Balaban J connectivity index is 1.89. The van der Waals surface area contributed by atoms with Crippen LogP contribution < -0.4 is 15.5 Å². The molecular formula is C25H34N4O3. The number of amides is 2. The number of hydrogen-bond donors (Lipinski definition) is 2. The average Bonchev–Trinajstić information content (AvgIpc) is 2.81. The third kappa shape index (κ3) is 6.07. The van der Waals surface area contributed by atoms with Crippen LogP contribution in [0.4, 0.5) is 22.0 Å². The van der Waals surface area contributed by atoms with Crippen LogP contribution in [0, 0.1) is 6.92 Å². The number of aromatic nitrogens is 1. The van der Waals surface area contributed by atoms with E-state index in [-0.39, 0.29) is 11.9 Å². The number of benzene rings is 1. The molecule has 1 aromatic carbocycles. The molecule has 0 aliphatic carbocycles. The highest BCUT2D eigenvalue weighted by Crippen LogP contribution is 2.32. The summed E-state index contributed by atoms with van der Waals surface area (Å²) in [5.41, 5.74) is 3.47. The van der Waals surface area contributed by atoms with Crippen molar-refractivity contribution in [3.8, 4) is 0 Å². The van der Waals surface area contributed by atoms with Crippen LogP contribution in [-0.2, 0) is 9.53 Å². The topological polar surface area (TPSA) is 83.6 Å². The Morgan fingerprint density at radius 2 is 1.94 bits per heavy atom. The van der Waals surface area contributed by atoms with E-state index >= 15 is 0 Å². The highest BCUT2D eigenvalue weighted by molar-refractivity contribution is 6.01. The fourth-order valence-electron chi connectivity index (χ4n) is 4.17. The first kappa shape index (κ1) is 23.7. The summed E-state index contributed by atoms with van der Waals surface area (Å²) >= 11 is 0. The Bertz CT molecular complexity index is 895. The van der Waals surface area contributed by atoms with E-state index in [1.807, 2.05) is 43.5 Å². The van der Waals surface area contributed by atoms with Gasteiger partial charge in [-0.05, 0) is 62.8 Å². The molecule has 1 aromatic heterocycles. The first-order chi connectivity index (χ1) is 15.5. The average molecular weight is 439 g/mol. The molecule has 1 saturated heterocycles. The van der Waals surface area contributed by atoms with E-state index in [2.05, 4.69) is 29.4 Å². The summed E-state index contributed by atoms with van der Waals surface area (Å²) in [4.78, 5) is 31.0. The van der Waals surface area contributed by atoms with E-state index in [9.17, 15) is 9.59 Å². The summed E-state index contributed by atoms with van der Waals surface area (Å²) in [5.74, 6) is 0.830. The maximum absolute atomic E-state index is 12.8. The van der Waals surface area contributed by atoms with Crippen molar-refractivity contribution in [2.45, 2.75) is 58.4 Å². The lowest BCUT2D eigenvalue weighted by Crippen LogP contribution is -2.40. The molecule has 2 amide bonds. The van der Waals surface area contributed by atoms with Crippen molar-refractivity contribution in [1.29, 1.82) is 0 Å². The van der Waals surface area contributed by atoms with Crippen LogP contribution >= 0.6 is 0 Å². The molecule has 1 aliphatic heterocycles. The van der Waals surface area contributed by atoms with E-state index in [0.717, 1.165) is 67.9 Å². The van der Waals surface area contributed by atoms with Crippen LogP contribution in [0.2, 0.25) is 0 Å². The molecule has 2 N–H and O–H groups in total. The van der Waals surface area contributed by atoms with Gasteiger partial charge in [0.1, 0.15) is 6.29 Å². The van der Waals surface area contributed by atoms with Gasteiger partial charge in [-0.15, -0.1) is 0 Å². The number of rotatable bonds is 9. The van der Waals surface area contributed by atoms with Gasteiger partial charge in [0.2, 0.25) is 0 Å². The summed E-state index contributed by atoms with van der Waals surface area (Å²) in [6.45, 7) is 8.39. The maximum Gasteiger partial charge on any atom is 0.323 e. The van der Waals surface area contributed by atoms with Crippen molar-refractivity contribution < 1.29 is 14.3 Å². The molecule has 0 bridgehead atoms. The maximum atomic E-state index is 12.8. The molecule has 1 unspecified atom stereocenters. The number of pyridine rings is 1. The zero-order valence-corrected chi connectivity index (χ0v) is 19.3. The third-order valence-electron chi connectivity index (χ3n) is 6.03. The first-order valence-corrected chi connectivity index (χ1v) is 11.5. The number of nitrogens with one attached hydrogen (secondary N) is 2. The minimum atomic E-state index is -0.319. The molecule has 1 atom stereocenters. The molecule has 3 rings (SSSR count).